The molecule has 0 radical (unpaired) electrons. The molecule has 0 aliphatic heterocycles. The minimum Gasteiger partial charge on any atom is -0.465 e. The van der Waals surface area contributed by atoms with Gasteiger partial charge in [0.05, 0.1) is 24.1 Å². The summed E-state index contributed by atoms with van der Waals surface area (Å²) in [6.07, 6.45) is 0.906. The normalized spacial score (nSPS) is 10.2. The van der Waals surface area contributed by atoms with Crippen LogP contribution < -0.4 is 5.32 Å². The van der Waals surface area contributed by atoms with Crippen LogP contribution in [-0.4, -0.2) is 30.5 Å². The summed E-state index contributed by atoms with van der Waals surface area (Å²) >= 11 is 7.47. The lowest BCUT2D eigenvalue weighted by atomic mass is 10.2. The van der Waals surface area contributed by atoms with Gasteiger partial charge < -0.3 is 10.1 Å². The second-order valence-electron chi connectivity index (χ2n) is 5.02. The van der Waals surface area contributed by atoms with Crippen LogP contribution in [0.25, 0.3) is 0 Å². The number of carbonyl (C=O) groups excluding carboxylic acids is 2. The number of rotatable bonds is 7. The fourth-order valence-corrected chi connectivity index (χ4v) is 3.05. The van der Waals surface area contributed by atoms with Crippen LogP contribution in [-0.2, 0) is 16.0 Å². The molecule has 0 spiro atoms. The third-order valence-electron chi connectivity index (χ3n) is 3.27. The number of nitrogens with one attached hydrogen (secondary N) is 1. The van der Waals surface area contributed by atoms with Gasteiger partial charge in [0.15, 0.2) is 0 Å². The van der Waals surface area contributed by atoms with Crippen LogP contribution >= 0.6 is 23.4 Å². The SMILES string of the molecule is COC(=O)c1ccc(Cl)cc1NC(=O)CSCCc1ccccc1. The van der Waals surface area contributed by atoms with Crippen LogP contribution in [0, 0.1) is 0 Å². The Bertz CT molecular complexity index is 707. The fraction of sp³-hybridized carbons (Fsp3) is 0.222. The number of methoxy groups -OCH3 is 1. The highest BCUT2D eigenvalue weighted by molar-refractivity contribution is 7.99. The van der Waals surface area contributed by atoms with Crippen molar-refractivity contribution in [2.24, 2.45) is 0 Å². The number of aryl methyl sites for hydroxylation is 1. The summed E-state index contributed by atoms with van der Waals surface area (Å²) < 4.78 is 4.71. The minimum absolute atomic E-state index is 0.180. The van der Waals surface area contributed by atoms with Crippen LogP contribution in [0.1, 0.15) is 15.9 Å². The largest absolute Gasteiger partial charge is 0.465 e. The maximum atomic E-state index is 12.1. The van der Waals surface area contributed by atoms with E-state index in [9.17, 15) is 9.59 Å². The first-order chi connectivity index (χ1) is 11.6. The van der Waals surface area contributed by atoms with Crippen molar-refractivity contribution in [2.75, 3.05) is 23.9 Å². The van der Waals surface area contributed by atoms with Gasteiger partial charge in [-0.3, -0.25) is 4.79 Å². The predicted molar refractivity (Wildman–Crippen MR) is 98.9 cm³/mol. The zero-order chi connectivity index (χ0) is 17.4. The fourth-order valence-electron chi connectivity index (χ4n) is 2.09. The molecule has 0 aliphatic carbocycles. The summed E-state index contributed by atoms with van der Waals surface area (Å²) in [5, 5.41) is 3.16. The van der Waals surface area contributed by atoms with E-state index < -0.39 is 5.97 Å². The van der Waals surface area contributed by atoms with E-state index >= 15 is 0 Å². The van der Waals surface area contributed by atoms with Gasteiger partial charge in [-0.15, -0.1) is 0 Å². The maximum Gasteiger partial charge on any atom is 0.339 e. The molecule has 4 nitrogen and oxygen atoms in total. The summed E-state index contributed by atoms with van der Waals surface area (Å²) in [6, 6.07) is 14.8. The molecule has 24 heavy (non-hydrogen) atoms. The first kappa shape index (κ1) is 18.4. The van der Waals surface area contributed by atoms with Crippen LogP contribution in [0.5, 0.6) is 0 Å². The highest BCUT2D eigenvalue weighted by Crippen LogP contribution is 2.22. The number of carbonyl (C=O) groups is 2. The first-order valence-corrected chi connectivity index (χ1v) is 8.93. The van der Waals surface area contributed by atoms with E-state index in [1.54, 1.807) is 12.1 Å². The Morgan fingerprint density at radius 3 is 2.62 bits per heavy atom. The molecule has 2 aromatic rings. The summed E-state index contributed by atoms with van der Waals surface area (Å²) in [5.41, 5.74) is 1.89. The van der Waals surface area contributed by atoms with Gasteiger partial charge in [-0.25, -0.2) is 4.79 Å². The van der Waals surface area contributed by atoms with Crippen LogP contribution in [0.15, 0.2) is 48.5 Å². The van der Waals surface area contributed by atoms with Crippen molar-refractivity contribution in [3.8, 4) is 0 Å². The minimum atomic E-state index is -0.515. The Morgan fingerprint density at radius 1 is 1.17 bits per heavy atom. The van der Waals surface area contributed by atoms with Gasteiger partial charge in [0.1, 0.15) is 0 Å². The number of benzene rings is 2. The molecule has 126 valence electrons. The Balaban J connectivity index is 1.86. The monoisotopic (exact) mass is 363 g/mol. The molecule has 6 heteroatoms. The number of amides is 1. The molecular formula is C18H18ClNO3S. The molecule has 0 unspecified atom stereocenters. The van der Waals surface area contributed by atoms with Gasteiger partial charge in [-0.2, -0.15) is 11.8 Å². The Kier molecular flexibility index (Phi) is 7.15. The number of anilines is 1. The van der Waals surface area contributed by atoms with Gasteiger partial charge in [-0.05, 0) is 35.9 Å². The van der Waals surface area contributed by atoms with Gasteiger partial charge >= 0.3 is 5.97 Å². The molecular weight excluding hydrogens is 346 g/mol. The molecule has 0 aliphatic rings. The summed E-state index contributed by atoms with van der Waals surface area (Å²) in [7, 11) is 1.29. The smallest absolute Gasteiger partial charge is 0.339 e. The van der Waals surface area contributed by atoms with E-state index in [0.29, 0.717) is 16.5 Å². The second-order valence-corrected chi connectivity index (χ2v) is 6.56. The topological polar surface area (TPSA) is 55.4 Å². The van der Waals surface area contributed by atoms with Crippen LogP contribution in [0.4, 0.5) is 5.69 Å². The Hall–Kier alpha value is -1.98. The number of esters is 1. The van der Waals surface area contributed by atoms with E-state index in [2.05, 4.69) is 17.4 Å². The van der Waals surface area contributed by atoms with Crippen molar-refractivity contribution < 1.29 is 14.3 Å². The van der Waals surface area contributed by atoms with Crippen molar-refractivity contribution in [3.05, 3.63) is 64.7 Å². The first-order valence-electron chi connectivity index (χ1n) is 7.39. The zero-order valence-corrected chi connectivity index (χ0v) is 14.8. The van der Waals surface area contributed by atoms with E-state index in [0.717, 1.165) is 12.2 Å². The van der Waals surface area contributed by atoms with Crippen LogP contribution in [0.2, 0.25) is 5.02 Å². The molecule has 0 heterocycles. The van der Waals surface area contributed by atoms with E-state index in [1.165, 1.54) is 30.5 Å². The lowest BCUT2D eigenvalue weighted by molar-refractivity contribution is -0.113. The van der Waals surface area contributed by atoms with Gasteiger partial charge in [0.2, 0.25) is 5.91 Å². The third kappa shape index (κ3) is 5.58. The molecule has 2 rings (SSSR count). The van der Waals surface area contributed by atoms with E-state index in [-0.39, 0.29) is 11.5 Å². The molecule has 0 bridgehead atoms. The Morgan fingerprint density at radius 2 is 1.92 bits per heavy atom. The van der Waals surface area contributed by atoms with E-state index in [1.807, 2.05) is 18.2 Å². The van der Waals surface area contributed by atoms with Gasteiger partial charge in [0, 0.05) is 5.02 Å². The summed E-state index contributed by atoms with van der Waals surface area (Å²) in [5.74, 6) is 0.454. The molecule has 0 fully saturated rings. The van der Waals surface area contributed by atoms with Crippen molar-refractivity contribution in [1.82, 2.24) is 0 Å². The lowest BCUT2D eigenvalue weighted by Gasteiger charge is -2.10. The molecule has 0 saturated carbocycles. The number of hydrogen-bond acceptors (Lipinski definition) is 4. The third-order valence-corrected chi connectivity index (χ3v) is 4.47. The van der Waals surface area contributed by atoms with Crippen molar-refractivity contribution >= 4 is 40.9 Å². The maximum absolute atomic E-state index is 12.1. The molecule has 1 amide bonds. The number of hydrogen-bond donors (Lipinski definition) is 1. The number of ether oxygens (including phenoxy) is 1. The highest BCUT2D eigenvalue weighted by Gasteiger charge is 2.14. The second kappa shape index (κ2) is 9.35. The molecule has 1 N–H and O–H groups in total. The van der Waals surface area contributed by atoms with E-state index in [4.69, 9.17) is 16.3 Å². The average Bonchev–Trinajstić information content (AvgIpc) is 2.59. The quantitative estimate of drug-likeness (QED) is 0.595. The van der Waals surface area contributed by atoms with Crippen molar-refractivity contribution in [2.45, 2.75) is 6.42 Å². The van der Waals surface area contributed by atoms with Gasteiger partial charge in [-0.1, -0.05) is 41.9 Å². The summed E-state index contributed by atoms with van der Waals surface area (Å²) in [6.45, 7) is 0. The van der Waals surface area contributed by atoms with Crippen molar-refractivity contribution in [3.63, 3.8) is 0 Å². The molecule has 0 atom stereocenters. The number of thioether (sulfide) groups is 1. The predicted octanol–water partition coefficient (Wildman–Crippen LogP) is 4.04. The molecule has 0 saturated heterocycles. The highest BCUT2D eigenvalue weighted by atomic mass is 35.5. The zero-order valence-electron chi connectivity index (χ0n) is 13.3. The standard InChI is InChI=1S/C18H18ClNO3S/c1-23-18(22)15-8-7-14(19)11-16(15)20-17(21)12-24-10-9-13-5-3-2-4-6-13/h2-8,11H,9-10,12H2,1H3,(H,20,21). The average molecular weight is 364 g/mol. The van der Waals surface area contributed by atoms with Gasteiger partial charge in [0.25, 0.3) is 0 Å². The molecule has 2 aromatic carbocycles. The Labute approximate surface area is 150 Å². The van der Waals surface area contributed by atoms with Crippen molar-refractivity contribution in [1.29, 1.82) is 0 Å². The molecule has 0 aromatic heterocycles. The number of halogens is 1. The summed E-state index contributed by atoms with van der Waals surface area (Å²) in [4.78, 5) is 23.8. The van der Waals surface area contributed by atoms with Crippen LogP contribution in [0.3, 0.4) is 0 Å². The lowest BCUT2D eigenvalue weighted by Crippen LogP contribution is -2.17.